The number of hydrogen-bond acceptors (Lipinski definition) is 4. The summed E-state index contributed by atoms with van der Waals surface area (Å²) in [4.78, 5) is 27.8. The first-order valence-corrected chi connectivity index (χ1v) is 10.0. The van der Waals surface area contributed by atoms with Gasteiger partial charge in [0.05, 0.1) is 4.91 Å². The van der Waals surface area contributed by atoms with Crippen molar-refractivity contribution >= 4 is 45.6 Å². The lowest BCUT2D eigenvalue weighted by molar-refractivity contribution is -0.117. The second-order valence-corrected chi connectivity index (χ2v) is 7.66. The molecule has 0 spiro atoms. The highest BCUT2D eigenvalue weighted by atomic mass is 32.2. The number of amides is 2. The maximum atomic E-state index is 13.5. The van der Waals surface area contributed by atoms with Crippen LogP contribution in [0.25, 0.3) is 16.8 Å². The molecule has 5 nitrogen and oxygen atoms in total. The van der Waals surface area contributed by atoms with Gasteiger partial charge in [0.15, 0.2) is 5.17 Å². The molecule has 3 aromatic rings. The van der Waals surface area contributed by atoms with Crippen LogP contribution in [0.5, 0.6) is 5.75 Å². The molecule has 1 N–H and O–H groups in total. The van der Waals surface area contributed by atoms with Crippen LogP contribution in [0.1, 0.15) is 18.1 Å². The third-order valence-electron chi connectivity index (χ3n) is 4.39. The van der Waals surface area contributed by atoms with Crippen molar-refractivity contribution < 1.29 is 18.7 Å². The lowest BCUT2D eigenvalue weighted by Crippen LogP contribution is -2.23. The van der Waals surface area contributed by atoms with Gasteiger partial charge in [0.2, 0.25) is 5.91 Å². The van der Waals surface area contributed by atoms with E-state index in [0.29, 0.717) is 16.2 Å². The van der Waals surface area contributed by atoms with Gasteiger partial charge in [-0.1, -0.05) is 42.5 Å². The highest BCUT2D eigenvalue weighted by Gasteiger charge is 2.23. The zero-order valence-corrected chi connectivity index (χ0v) is 16.8. The summed E-state index contributed by atoms with van der Waals surface area (Å²) >= 11 is 1.10. The average molecular weight is 420 g/mol. The predicted octanol–water partition coefficient (Wildman–Crippen LogP) is 4.66. The molecule has 0 radical (unpaired) electrons. The van der Waals surface area contributed by atoms with E-state index in [4.69, 9.17) is 4.74 Å². The van der Waals surface area contributed by atoms with E-state index < -0.39 is 5.91 Å². The number of carbonyl (C=O) groups excluding carboxylic acids is 2. The first kappa shape index (κ1) is 19.8. The molecule has 0 fully saturated rings. The lowest BCUT2D eigenvalue weighted by Gasteiger charge is -2.13. The van der Waals surface area contributed by atoms with Crippen LogP contribution in [0.3, 0.4) is 0 Å². The fraction of sp³-hybridized carbons (Fsp3) is 0.0870. The third kappa shape index (κ3) is 4.41. The van der Waals surface area contributed by atoms with Gasteiger partial charge in [0.1, 0.15) is 18.2 Å². The van der Waals surface area contributed by atoms with Crippen LogP contribution >= 0.6 is 11.8 Å². The van der Waals surface area contributed by atoms with Gasteiger partial charge in [-0.3, -0.25) is 9.59 Å². The summed E-state index contributed by atoms with van der Waals surface area (Å²) in [6.45, 7) is 1.54. The number of amidine groups is 1. The van der Waals surface area contributed by atoms with Crippen molar-refractivity contribution in [1.29, 1.82) is 0 Å². The smallest absolute Gasteiger partial charge is 0.286 e. The third-order valence-corrected chi connectivity index (χ3v) is 5.29. The Labute approximate surface area is 176 Å². The van der Waals surface area contributed by atoms with Gasteiger partial charge in [0, 0.05) is 12.5 Å². The van der Waals surface area contributed by atoms with Crippen molar-refractivity contribution in [2.24, 2.45) is 4.99 Å². The van der Waals surface area contributed by atoms with Gasteiger partial charge < -0.3 is 10.1 Å². The number of thioether (sulfide) groups is 1. The van der Waals surface area contributed by atoms with Gasteiger partial charge in [-0.15, -0.1) is 0 Å². The Hall–Kier alpha value is -3.45. The zero-order chi connectivity index (χ0) is 21.1. The van der Waals surface area contributed by atoms with Crippen LogP contribution in [0.4, 0.5) is 4.39 Å². The van der Waals surface area contributed by atoms with Gasteiger partial charge >= 0.3 is 0 Å². The number of nitrogens with one attached hydrogen (secondary N) is 1. The Morgan fingerprint density at radius 3 is 2.80 bits per heavy atom. The normalized spacial score (nSPS) is 14.8. The van der Waals surface area contributed by atoms with E-state index in [0.717, 1.165) is 28.1 Å². The summed E-state index contributed by atoms with van der Waals surface area (Å²) in [5.74, 6) is -0.480. The SMILES string of the molecule is CC(=O)NC1=NC(=O)/C(=C/c2c(OCc3cccc(F)c3)ccc3ccccc23)S1. The van der Waals surface area contributed by atoms with Gasteiger partial charge in [0.25, 0.3) is 5.91 Å². The molecule has 30 heavy (non-hydrogen) atoms. The first-order valence-electron chi connectivity index (χ1n) is 9.19. The van der Waals surface area contributed by atoms with E-state index in [1.807, 2.05) is 36.4 Å². The van der Waals surface area contributed by atoms with E-state index in [-0.39, 0.29) is 23.5 Å². The van der Waals surface area contributed by atoms with Crippen LogP contribution in [0.15, 0.2) is 70.6 Å². The van der Waals surface area contributed by atoms with E-state index in [9.17, 15) is 14.0 Å². The van der Waals surface area contributed by atoms with Crippen LogP contribution < -0.4 is 10.1 Å². The van der Waals surface area contributed by atoms with E-state index in [1.165, 1.54) is 19.1 Å². The number of nitrogens with zero attached hydrogens (tertiary/aromatic N) is 1. The van der Waals surface area contributed by atoms with Gasteiger partial charge in [-0.05, 0) is 52.4 Å². The Morgan fingerprint density at radius 1 is 1.17 bits per heavy atom. The molecule has 0 bridgehead atoms. The Bertz CT molecular complexity index is 1220. The van der Waals surface area contributed by atoms with E-state index in [2.05, 4.69) is 10.3 Å². The number of aliphatic imine (C=N–C) groups is 1. The van der Waals surface area contributed by atoms with E-state index in [1.54, 1.807) is 18.2 Å². The standard InChI is InChI=1S/C23H17FN2O3S/c1-14(27)25-23-26-22(28)21(30-23)12-19-18-8-3-2-6-16(18)9-10-20(19)29-13-15-5-4-7-17(24)11-15/h2-12H,13H2,1H3,(H,25,26,27,28)/b21-12-. The summed E-state index contributed by atoms with van der Waals surface area (Å²) in [5, 5.41) is 4.68. The molecule has 0 aliphatic carbocycles. The largest absolute Gasteiger partial charge is 0.488 e. The second-order valence-electron chi connectivity index (χ2n) is 6.63. The van der Waals surface area contributed by atoms with Crippen molar-refractivity contribution in [2.75, 3.05) is 0 Å². The minimum Gasteiger partial charge on any atom is -0.488 e. The number of ether oxygens (including phenoxy) is 1. The minimum absolute atomic E-state index is 0.182. The molecular weight excluding hydrogens is 403 g/mol. The fourth-order valence-corrected chi connectivity index (χ4v) is 3.92. The molecule has 0 unspecified atom stereocenters. The molecule has 0 aromatic heterocycles. The minimum atomic E-state index is -0.423. The van der Waals surface area contributed by atoms with Crippen molar-refractivity contribution in [3.8, 4) is 5.75 Å². The topological polar surface area (TPSA) is 67.8 Å². The average Bonchev–Trinajstić information content (AvgIpc) is 3.05. The van der Waals surface area contributed by atoms with Crippen LogP contribution in [-0.2, 0) is 16.2 Å². The summed E-state index contributed by atoms with van der Waals surface area (Å²) in [6.07, 6.45) is 1.72. The number of rotatable bonds is 4. The Kier molecular flexibility index (Phi) is 5.63. The summed E-state index contributed by atoms with van der Waals surface area (Å²) in [5.41, 5.74) is 1.42. The molecule has 2 amide bonds. The summed E-state index contributed by atoms with van der Waals surface area (Å²) in [7, 11) is 0. The molecule has 150 valence electrons. The molecule has 0 saturated heterocycles. The maximum Gasteiger partial charge on any atom is 0.286 e. The predicted molar refractivity (Wildman–Crippen MR) is 117 cm³/mol. The molecule has 4 rings (SSSR count). The van der Waals surface area contributed by atoms with Crippen LogP contribution in [0, 0.1) is 5.82 Å². The summed E-state index contributed by atoms with van der Waals surface area (Å²) < 4.78 is 19.5. The van der Waals surface area contributed by atoms with Crippen molar-refractivity contribution in [3.63, 3.8) is 0 Å². The van der Waals surface area contributed by atoms with Crippen molar-refractivity contribution in [1.82, 2.24) is 5.32 Å². The summed E-state index contributed by atoms with van der Waals surface area (Å²) in [6, 6.07) is 17.7. The molecule has 1 aliphatic heterocycles. The number of halogens is 1. The molecule has 1 aliphatic rings. The number of carbonyl (C=O) groups is 2. The first-order chi connectivity index (χ1) is 14.5. The highest BCUT2D eigenvalue weighted by molar-refractivity contribution is 8.18. The number of hydrogen-bond donors (Lipinski definition) is 1. The highest BCUT2D eigenvalue weighted by Crippen LogP contribution is 2.35. The monoisotopic (exact) mass is 420 g/mol. The number of fused-ring (bicyclic) bond motifs is 1. The van der Waals surface area contributed by atoms with Crippen LogP contribution in [0.2, 0.25) is 0 Å². The molecule has 7 heteroatoms. The van der Waals surface area contributed by atoms with Crippen molar-refractivity contribution in [3.05, 3.63) is 82.5 Å². The Morgan fingerprint density at radius 2 is 2.00 bits per heavy atom. The fourth-order valence-electron chi connectivity index (χ4n) is 3.08. The number of benzene rings is 3. The Balaban J connectivity index is 1.69. The lowest BCUT2D eigenvalue weighted by atomic mass is 10.0. The molecule has 1 heterocycles. The molecule has 0 atom stereocenters. The quantitative estimate of drug-likeness (QED) is 0.623. The molecule has 3 aromatic carbocycles. The molecular formula is C23H17FN2O3S. The van der Waals surface area contributed by atoms with E-state index >= 15 is 0 Å². The maximum absolute atomic E-state index is 13.5. The van der Waals surface area contributed by atoms with Crippen molar-refractivity contribution in [2.45, 2.75) is 13.5 Å². The van der Waals surface area contributed by atoms with Crippen LogP contribution in [-0.4, -0.2) is 17.0 Å². The molecule has 0 saturated carbocycles. The van der Waals surface area contributed by atoms with Gasteiger partial charge in [-0.25, -0.2) is 4.39 Å². The second kappa shape index (κ2) is 8.51. The van der Waals surface area contributed by atoms with Gasteiger partial charge in [-0.2, -0.15) is 4.99 Å². The zero-order valence-electron chi connectivity index (χ0n) is 16.0.